The molecule has 0 saturated heterocycles. The molecule has 0 aliphatic carbocycles. The van der Waals surface area contributed by atoms with Crippen LogP contribution in [0.1, 0.15) is 11.1 Å². The minimum atomic E-state index is 0.635. The highest BCUT2D eigenvalue weighted by Crippen LogP contribution is 2.19. The number of nitrogens with one attached hydrogen (secondary N) is 2. The van der Waals surface area contributed by atoms with E-state index in [0.29, 0.717) is 5.56 Å². The number of aromatic amines is 1. The predicted molar refractivity (Wildman–Crippen MR) is 82.1 cm³/mol. The van der Waals surface area contributed by atoms with E-state index in [2.05, 4.69) is 22.4 Å². The zero-order valence-corrected chi connectivity index (χ0v) is 10.8. The minimum absolute atomic E-state index is 0.635. The van der Waals surface area contributed by atoms with Crippen LogP contribution in [-0.4, -0.2) is 4.98 Å². The van der Waals surface area contributed by atoms with Crippen LogP contribution in [0.4, 0.5) is 5.69 Å². The normalized spacial score (nSPS) is 10.8. The molecule has 0 aliphatic heterocycles. The molecule has 0 bridgehead atoms. The average Bonchev–Trinajstić information content (AvgIpc) is 2.91. The third-order valence-electron chi connectivity index (χ3n) is 3.17. The van der Waals surface area contributed by atoms with E-state index in [4.69, 9.17) is 5.26 Å². The molecule has 3 aromatic rings. The highest BCUT2D eigenvalue weighted by molar-refractivity contribution is 5.88. The molecule has 0 saturated carbocycles. The molecule has 20 heavy (non-hydrogen) atoms. The van der Waals surface area contributed by atoms with Crippen molar-refractivity contribution in [3.05, 3.63) is 72.1 Å². The predicted octanol–water partition coefficient (Wildman–Crippen LogP) is 4.12. The van der Waals surface area contributed by atoms with E-state index < -0.39 is 0 Å². The lowest BCUT2D eigenvalue weighted by atomic mass is 10.1. The van der Waals surface area contributed by atoms with E-state index >= 15 is 0 Å². The summed E-state index contributed by atoms with van der Waals surface area (Å²) in [4.78, 5) is 3.23. The SMILES string of the molecule is N#Cc1ccccc1N/C=C/c1c[nH]c2ccccc12. The molecule has 0 atom stereocenters. The van der Waals surface area contributed by atoms with Crippen LogP contribution in [0, 0.1) is 11.3 Å². The van der Waals surface area contributed by atoms with Crippen molar-refractivity contribution in [2.24, 2.45) is 0 Å². The van der Waals surface area contributed by atoms with Crippen molar-refractivity contribution in [2.45, 2.75) is 0 Å². The second-order valence-corrected chi connectivity index (χ2v) is 4.42. The fourth-order valence-corrected chi connectivity index (χ4v) is 2.16. The Morgan fingerprint density at radius 2 is 1.85 bits per heavy atom. The number of hydrogen-bond donors (Lipinski definition) is 2. The van der Waals surface area contributed by atoms with Gasteiger partial charge in [-0.05, 0) is 24.3 Å². The number of hydrogen-bond acceptors (Lipinski definition) is 2. The Morgan fingerprint density at radius 3 is 2.75 bits per heavy atom. The van der Waals surface area contributed by atoms with E-state index in [1.165, 1.54) is 5.39 Å². The van der Waals surface area contributed by atoms with Gasteiger partial charge in [0, 0.05) is 28.9 Å². The molecule has 0 unspecified atom stereocenters. The van der Waals surface area contributed by atoms with Crippen molar-refractivity contribution >= 4 is 22.7 Å². The number of aromatic nitrogens is 1. The molecule has 3 heteroatoms. The molecule has 1 heterocycles. The highest BCUT2D eigenvalue weighted by Gasteiger charge is 1.99. The third kappa shape index (κ3) is 2.27. The Balaban J connectivity index is 1.83. The monoisotopic (exact) mass is 259 g/mol. The summed E-state index contributed by atoms with van der Waals surface area (Å²) in [6.07, 6.45) is 5.82. The molecule has 2 N–H and O–H groups in total. The van der Waals surface area contributed by atoms with Gasteiger partial charge in [-0.1, -0.05) is 30.3 Å². The van der Waals surface area contributed by atoms with Crippen LogP contribution in [0.25, 0.3) is 17.0 Å². The highest BCUT2D eigenvalue weighted by atomic mass is 14.8. The van der Waals surface area contributed by atoms with E-state index in [1.807, 2.05) is 54.9 Å². The molecule has 3 rings (SSSR count). The third-order valence-corrected chi connectivity index (χ3v) is 3.17. The summed E-state index contributed by atoms with van der Waals surface area (Å²) >= 11 is 0. The first kappa shape index (κ1) is 12.1. The standard InChI is InChI=1S/C17H13N3/c18-11-13-5-1-3-7-16(13)19-10-9-14-12-20-17-8-4-2-6-15(14)17/h1-10,12,19-20H/b10-9+. The smallest absolute Gasteiger partial charge is 0.101 e. The number of nitriles is 1. The number of H-pyrrole nitrogens is 1. The summed E-state index contributed by atoms with van der Waals surface area (Å²) in [6, 6.07) is 17.8. The largest absolute Gasteiger partial charge is 0.361 e. The van der Waals surface area contributed by atoms with Crippen LogP contribution in [0.5, 0.6) is 0 Å². The molecule has 0 amide bonds. The summed E-state index contributed by atoms with van der Waals surface area (Å²) in [5, 5.41) is 13.4. The van der Waals surface area contributed by atoms with Gasteiger partial charge in [0.05, 0.1) is 11.3 Å². The molecule has 2 aromatic carbocycles. The zero-order chi connectivity index (χ0) is 13.8. The minimum Gasteiger partial charge on any atom is -0.361 e. The van der Waals surface area contributed by atoms with Crippen LogP contribution in [0.2, 0.25) is 0 Å². The van der Waals surface area contributed by atoms with Gasteiger partial charge < -0.3 is 10.3 Å². The number of fused-ring (bicyclic) bond motifs is 1. The summed E-state index contributed by atoms with van der Waals surface area (Å²) in [6.45, 7) is 0. The van der Waals surface area contributed by atoms with Crippen molar-refractivity contribution < 1.29 is 0 Å². The number of benzene rings is 2. The van der Waals surface area contributed by atoms with E-state index in [-0.39, 0.29) is 0 Å². The fourth-order valence-electron chi connectivity index (χ4n) is 2.16. The molecule has 3 nitrogen and oxygen atoms in total. The van der Waals surface area contributed by atoms with Gasteiger partial charge >= 0.3 is 0 Å². The first-order valence-electron chi connectivity index (χ1n) is 6.37. The zero-order valence-electron chi connectivity index (χ0n) is 10.8. The van der Waals surface area contributed by atoms with Gasteiger partial charge in [-0.3, -0.25) is 0 Å². The van der Waals surface area contributed by atoms with Crippen LogP contribution in [0.3, 0.4) is 0 Å². The van der Waals surface area contributed by atoms with Gasteiger partial charge in [0.15, 0.2) is 0 Å². The van der Waals surface area contributed by atoms with Crippen molar-refractivity contribution in [1.29, 1.82) is 5.26 Å². The molecular formula is C17H13N3. The average molecular weight is 259 g/mol. The maximum Gasteiger partial charge on any atom is 0.101 e. The second kappa shape index (κ2) is 5.33. The van der Waals surface area contributed by atoms with Crippen LogP contribution in [0.15, 0.2) is 60.9 Å². The maximum absolute atomic E-state index is 9.02. The van der Waals surface area contributed by atoms with Gasteiger partial charge in [-0.2, -0.15) is 5.26 Å². The quantitative estimate of drug-likeness (QED) is 0.743. The van der Waals surface area contributed by atoms with E-state index in [0.717, 1.165) is 16.8 Å². The van der Waals surface area contributed by atoms with Crippen LogP contribution < -0.4 is 5.32 Å². The van der Waals surface area contributed by atoms with E-state index in [9.17, 15) is 0 Å². The van der Waals surface area contributed by atoms with Gasteiger partial charge in [0.2, 0.25) is 0 Å². The topological polar surface area (TPSA) is 51.6 Å². The first-order chi connectivity index (χ1) is 9.88. The van der Waals surface area contributed by atoms with E-state index in [1.54, 1.807) is 6.07 Å². The number of anilines is 1. The molecule has 0 spiro atoms. The Morgan fingerprint density at radius 1 is 1.05 bits per heavy atom. The lowest BCUT2D eigenvalue weighted by molar-refractivity contribution is 1.46. The fraction of sp³-hybridized carbons (Fsp3) is 0. The number of rotatable bonds is 3. The second-order valence-electron chi connectivity index (χ2n) is 4.42. The molecule has 0 aliphatic rings. The molecular weight excluding hydrogens is 246 g/mol. The Kier molecular flexibility index (Phi) is 3.22. The lowest BCUT2D eigenvalue weighted by Crippen LogP contribution is -1.90. The van der Waals surface area contributed by atoms with Crippen molar-refractivity contribution in [3.63, 3.8) is 0 Å². The molecule has 96 valence electrons. The molecule has 0 radical (unpaired) electrons. The van der Waals surface area contributed by atoms with Crippen molar-refractivity contribution in [2.75, 3.05) is 5.32 Å². The number of nitrogens with zero attached hydrogens (tertiary/aromatic N) is 1. The molecule has 1 aromatic heterocycles. The first-order valence-corrected chi connectivity index (χ1v) is 6.37. The van der Waals surface area contributed by atoms with Gasteiger partial charge in [0.25, 0.3) is 0 Å². The summed E-state index contributed by atoms with van der Waals surface area (Å²) < 4.78 is 0. The Hall–Kier alpha value is -2.99. The van der Waals surface area contributed by atoms with Crippen molar-refractivity contribution in [1.82, 2.24) is 4.98 Å². The van der Waals surface area contributed by atoms with Gasteiger partial charge in [-0.15, -0.1) is 0 Å². The summed E-state index contributed by atoms with van der Waals surface area (Å²) in [7, 11) is 0. The van der Waals surface area contributed by atoms with Gasteiger partial charge in [0.1, 0.15) is 6.07 Å². The number of para-hydroxylation sites is 2. The lowest BCUT2D eigenvalue weighted by Gasteiger charge is -2.02. The summed E-state index contributed by atoms with van der Waals surface area (Å²) in [5.41, 5.74) is 3.68. The molecule has 0 fully saturated rings. The maximum atomic E-state index is 9.02. The Bertz CT molecular complexity index is 806. The van der Waals surface area contributed by atoms with Crippen LogP contribution >= 0.6 is 0 Å². The summed E-state index contributed by atoms with van der Waals surface area (Å²) in [5.74, 6) is 0. The van der Waals surface area contributed by atoms with Gasteiger partial charge in [-0.25, -0.2) is 0 Å². The van der Waals surface area contributed by atoms with Crippen molar-refractivity contribution in [3.8, 4) is 6.07 Å². The van der Waals surface area contributed by atoms with Crippen LogP contribution in [-0.2, 0) is 0 Å². The Labute approximate surface area is 117 Å².